The summed E-state index contributed by atoms with van der Waals surface area (Å²) in [4.78, 5) is 12.7. The lowest BCUT2D eigenvalue weighted by Gasteiger charge is -2.67. The predicted molar refractivity (Wildman–Crippen MR) is 115 cm³/mol. The van der Waals surface area contributed by atoms with Crippen molar-refractivity contribution in [2.24, 2.45) is 17.3 Å². The molecule has 0 aromatic heterocycles. The molecule has 3 fully saturated rings. The van der Waals surface area contributed by atoms with Crippen molar-refractivity contribution in [2.75, 3.05) is 6.54 Å². The minimum absolute atomic E-state index is 0.0245. The van der Waals surface area contributed by atoms with Crippen molar-refractivity contribution in [2.45, 2.75) is 50.9 Å². The van der Waals surface area contributed by atoms with Crippen molar-refractivity contribution < 1.29 is 29.2 Å². The highest BCUT2D eigenvalue weighted by Gasteiger charge is 2.70. The third-order valence-electron chi connectivity index (χ3n) is 8.08. The van der Waals surface area contributed by atoms with Crippen LogP contribution in [0.4, 0.5) is 4.39 Å². The molecule has 3 aliphatic carbocycles. The Labute approximate surface area is 186 Å². The molecule has 2 bridgehead atoms. The number of carbonyl (C=O) groups excluding carboxylic acids is 1. The van der Waals surface area contributed by atoms with E-state index in [0.29, 0.717) is 24.3 Å². The summed E-state index contributed by atoms with van der Waals surface area (Å²) in [7, 11) is 0. The Morgan fingerprint density at radius 3 is 2.69 bits per heavy atom. The molecule has 0 spiro atoms. The molecule has 0 saturated heterocycles. The van der Waals surface area contributed by atoms with Crippen LogP contribution < -0.4 is 10.1 Å². The number of carbonyl (C=O) groups is 1. The Hall–Kier alpha value is -2.64. The fourth-order valence-electron chi connectivity index (χ4n) is 6.01. The van der Waals surface area contributed by atoms with Crippen molar-refractivity contribution in [3.8, 4) is 11.5 Å². The Kier molecular flexibility index (Phi) is 4.76. The third kappa shape index (κ3) is 2.87. The highest BCUT2D eigenvalue weighted by Crippen LogP contribution is 2.67. The number of ether oxygens (including phenoxy) is 1. The van der Waals surface area contributed by atoms with Gasteiger partial charge in [-0.25, -0.2) is 4.39 Å². The SMILES string of the molecule is CC1(C)[C@@H]2C[C@H]1[C@@]1(O)[C@@H](C2)Oc2ccc(C(=O)NCCc3ccccc3F)c(O)c2[C@@H]1O. The zero-order valence-electron chi connectivity index (χ0n) is 18.1. The monoisotopic (exact) mass is 441 g/mol. The van der Waals surface area contributed by atoms with E-state index in [1.54, 1.807) is 24.3 Å². The molecular weight excluding hydrogens is 413 g/mol. The Morgan fingerprint density at radius 2 is 1.97 bits per heavy atom. The van der Waals surface area contributed by atoms with E-state index in [1.807, 2.05) is 0 Å². The average Bonchev–Trinajstić information content (AvgIpc) is 2.75. The van der Waals surface area contributed by atoms with Gasteiger partial charge in [0.25, 0.3) is 5.91 Å². The fraction of sp³-hybridized carbons (Fsp3) is 0.480. The molecule has 2 aromatic carbocycles. The zero-order chi connectivity index (χ0) is 22.8. The molecule has 0 unspecified atom stereocenters. The van der Waals surface area contributed by atoms with Crippen LogP contribution in [-0.2, 0) is 6.42 Å². The lowest BCUT2D eigenvalue weighted by Crippen LogP contribution is -2.72. The molecule has 4 N–H and O–H groups in total. The molecule has 1 heterocycles. The van der Waals surface area contributed by atoms with E-state index < -0.39 is 29.5 Å². The van der Waals surface area contributed by atoms with Gasteiger partial charge in [0, 0.05) is 6.54 Å². The molecule has 1 amide bonds. The van der Waals surface area contributed by atoms with Gasteiger partial charge in [-0.3, -0.25) is 4.79 Å². The van der Waals surface area contributed by atoms with E-state index in [4.69, 9.17) is 4.74 Å². The number of aromatic hydroxyl groups is 1. The number of fused-ring (bicyclic) bond motifs is 1. The van der Waals surface area contributed by atoms with Gasteiger partial charge in [-0.2, -0.15) is 0 Å². The molecule has 3 saturated carbocycles. The summed E-state index contributed by atoms with van der Waals surface area (Å²) in [5.74, 6) is -0.749. The second-order valence-electron chi connectivity index (χ2n) is 9.91. The third-order valence-corrected chi connectivity index (χ3v) is 8.08. The number of rotatable bonds is 4. The van der Waals surface area contributed by atoms with E-state index in [0.717, 1.165) is 6.42 Å². The molecule has 32 heavy (non-hydrogen) atoms. The number of hydrogen-bond acceptors (Lipinski definition) is 5. The number of benzene rings is 2. The first-order valence-electron chi connectivity index (χ1n) is 11.1. The van der Waals surface area contributed by atoms with Crippen molar-refractivity contribution >= 4 is 5.91 Å². The maximum atomic E-state index is 13.8. The number of hydrogen-bond donors (Lipinski definition) is 4. The van der Waals surface area contributed by atoms with Crippen LogP contribution in [0.5, 0.6) is 11.5 Å². The van der Waals surface area contributed by atoms with E-state index in [-0.39, 0.29) is 40.6 Å². The topological polar surface area (TPSA) is 99.0 Å². The molecule has 6 nitrogen and oxygen atoms in total. The van der Waals surface area contributed by atoms with Gasteiger partial charge in [-0.1, -0.05) is 32.0 Å². The number of nitrogens with one attached hydrogen (secondary N) is 1. The minimum Gasteiger partial charge on any atom is -0.507 e. The Morgan fingerprint density at radius 1 is 1.22 bits per heavy atom. The summed E-state index contributed by atoms with van der Waals surface area (Å²) >= 11 is 0. The van der Waals surface area contributed by atoms with Crippen LogP contribution in [0.2, 0.25) is 0 Å². The molecule has 170 valence electrons. The minimum atomic E-state index is -1.53. The predicted octanol–water partition coefficient (Wildman–Crippen LogP) is 3.10. The highest BCUT2D eigenvalue weighted by atomic mass is 19.1. The van der Waals surface area contributed by atoms with E-state index >= 15 is 0 Å². The molecule has 6 rings (SSSR count). The van der Waals surface area contributed by atoms with Crippen molar-refractivity contribution in [3.05, 3.63) is 58.9 Å². The van der Waals surface area contributed by atoms with E-state index in [2.05, 4.69) is 19.2 Å². The largest absolute Gasteiger partial charge is 0.507 e. The summed E-state index contributed by atoms with van der Waals surface area (Å²) in [6, 6.07) is 9.34. The van der Waals surface area contributed by atoms with Crippen LogP contribution in [-0.4, -0.2) is 39.5 Å². The lowest BCUT2D eigenvalue weighted by atomic mass is 9.42. The van der Waals surface area contributed by atoms with Gasteiger partial charge in [0.2, 0.25) is 0 Å². The molecule has 1 aliphatic heterocycles. The van der Waals surface area contributed by atoms with Gasteiger partial charge in [-0.05, 0) is 60.3 Å². The normalized spacial score (nSPS) is 31.5. The number of aliphatic hydroxyl groups excluding tert-OH is 1. The first-order valence-corrected chi connectivity index (χ1v) is 11.1. The highest BCUT2D eigenvalue weighted by molar-refractivity contribution is 5.97. The fourth-order valence-corrected chi connectivity index (χ4v) is 6.01. The quantitative estimate of drug-likeness (QED) is 0.585. The first kappa shape index (κ1) is 21.2. The zero-order valence-corrected chi connectivity index (χ0v) is 18.1. The Bertz CT molecular complexity index is 1090. The van der Waals surface area contributed by atoms with Crippen LogP contribution in [0.3, 0.4) is 0 Å². The molecule has 2 aromatic rings. The number of halogens is 1. The molecule has 7 heteroatoms. The van der Waals surface area contributed by atoms with Crippen LogP contribution >= 0.6 is 0 Å². The number of amides is 1. The molecule has 0 radical (unpaired) electrons. The van der Waals surface area contributed by atoms with E-state index in [9.17, 15) is 24.5 Å². The second kappa shape index (κ2) is 7.18. The summed E-state index contributed by atoms with van der Waals surface area (Å²) in [6.45, 7) is 4.35. The second-order valence-corrected chi connectivity index (χ2v) is 9.91. The van der Waals surface area contributed by atoms with Gasteiger partial charge < -0.3 is 25.4 Å². The van der Waals surface area contributed by atoms with Gasteiger partial charge >= 0.3 is 0 Å². The van der Waals surface area contributed by atoms with Crippen LogP contribution in [0, 0.1) is 23.1 Å². The average molecular weight is 441 g/mol. The van der Waals surface area contributed by atoms with Crippen LogP contribution in [0.1, 0.15) is 54.3 Å². The van der Waals surface area contributed by atoms with Crippen LogP contribution in [0.15, 0.2) is 36.4 Å². The first-order chi connectivity index (χ1) is 15.2. The smallest absolute Gasteiger partial charge is 0.255 e. The van der Waals surface area contributed by atoms with Gasteiger partial charge in [0.05, 0.1) is 11.1 Å². The van der Waals surface area contributed by atoms with Gasteiger partial charge in [0.1, 0.15) is 35.1 Å². The number of phenols is 1. The summed E-state index contributed by atoms with van der Waals surface area (Å²) < 4.78 is 19.8. The maximum absolute atomic E-state index is 13.8. The van der Waals surface area contributed by atoms with Gasteiger partial charge in [-0.15, -0.1) is 0 Å². The number of phenolic OH excluding ortho intramolecular Hbond substituents is 1. The lowest BCUT2D eigenvalue weighted by molar-refractivity contribution is -0.289. The molecule has 5 atom stereocenters. The molecular formula is C25H28FNO5. The van der Waals surface area contributed by atoms with Crippen molar-refractivity contribution in [1.29, 1.82) is 0 Å². The Balaban J connectivity index is 1.38. The summed E-state index contributed by atoms with van der Waals surface area (Å²) in [6.07, 6.45) is -0.188. The summed E-state index contributed by atoms with van der Waals surface area (Å²) in [5, 5.41) is 36.4. The number of aliphatic hydroxyl groups is 2. The van der Waals surface area contributed by atoms with Gasteiger partial charge in [0.15, 0.2) is 0 Å². The maximum Gasteiger partial charge on any atom is 0.255 e. The summed E-state index contributed by atoms with van der Waals surface area (Å²) in [5.41, 5.74) is -1.15. The van der Waals surface area contributed by atoms with E-state index in [1.165, 1.54) is 12.1 Å². The van der Waals surface area contributed by atoms with Crippen LogP contribution in [0.25, 0.3) is 0 Å². The molecule has 4 aliphatic rings. The van der Waals surface area contributed by atoms with Crippen molar-refractivity contribution in [3.63, 3.8) is 0 Å². The standard InChI is InChI=1S/C25H28FNO5/c1-24(2)14-11-18(24)25(31)19(12-14)32-17-8-7-15(21(28)20(17)22(25)29)23(30)27-10-9-13-5-3-4-6-16(13)26/h3-8,14,18-19,22,28-29,31H,9-12H2,1-2H3,(H,27,30)/t14-,18-,19-,22+,25-/m1/s1. The van der Waals surface area contributed by atoms with Crippen molar-refractivity contribution in [1.82, 2.24) is 5.32 Å².